The molecule has 17 heavy (non-hydrogen) atoms. The van der Waals surface area contributed by atoms with Crippen molar-refractivity contribution >= 4 is 29.1 Å². The van der Waals surface area contributed by atoms with Gasteiger partial charge in [0, 0.05) is 5.02 Å². The number of nitrogens with one attached hydrogen (secondary N) is 1. The molecule has 2 aromatic rings. The van der Waals surface area contributed by atoms with E-state index in [4.69, 9.17) is 11.6 Å². The fraction of sp³-hybridized carbons (Fsp3) is 0.100. The number of amides is 1. The number of carbonyl (C=O) groups excluding carboxylic acids is 1. The molecule has 2 heterocycles. The monoisotopic (exact) mass is 250 g/mol. The van der Waals surface area contributed by atoms with E-state index in [0.717, 1.165) is 0 Å². The lowest BCUT2D eigenvalue weighted by Crippen LogP contribution is -2.23. The van der Waals surface area contributed by atoms with Gasteiger partial charge in [0.05, 0.1) is 5.69 Å². The van der Waals surface area contributed by atoms with E-state index in [9.17, 15) is 9.59 Å². The van der Waals surface area contributed by atoms with Crippen LogP contribution in [0.5, 0.6) is 0 Å². The van der Waals surface area contributed by atoms with Gasteiger partial charge in [0.15, 0.2) is 0 Å². The lowest BCUT2D eigenvalue weighted by molar-refractivity contribution is -0.117. The normalized spacial score (nSPS) is 14.2. The molecular formula is C10H7ClN4O2. The number of aromatic nitrogens is 3. The molecule has 7 heteroatoms. The van der Waals surface area contributed by atoms with Crippen molar-refractivity contribution in [2.24, 2.45) is 0 Å². The Balaban J connectivity index is 2.12. The van der Waals surface area contributed by atoms with Crippen molar-refractivity contribution in [3.8, 4) is 0 Å². The van der Waals surface area contributed by atoms with Gasteiger partial charge < -0.3 is 0 Å². The van der Waals surface area contributed by atoms with Gasteiger partial charge in [-0.3, -0.25) is 9.36 Å². The second-order valence-corrected chi connectivity index (χ2v) is 4.06. The van der Waals surface area contributed by atoms with Gasteiger partial charge in [-0.15, -0.1) is 5.10 Å². The Bertz CT molecular complexity index is 643. The zero-order valence-electron chi connectivity index (χ0n) is 8.55. The fourth-order valence-corrected chi connectivity index (χ4v) is 1.92. The van der Waals surface area contributed by atoms with Crippen LogP contribution in [0.2, 0.25) is 5.02 Å². The van der Waals surface area contributed by atoms with E-state index in [1.165, 1.54) is 9.47 Å². The van der Waals surface area contributed by atoms with Crippen LogP contribution in [0, 0.1) is 0 Å². The summed E-state index contributed by atoms with van der Waals surface area (Å²) in [6.45, 7) is 0.00724. The topological polar surface area (TPSA) is 71.0 Å². The molecule has 1 aliphatic rings. The van der Waals surface area contributed by atoms with Gasteiger partial charge in [0.1, 0.15) is 6.54 Å². The molecule has 0 fully saturated rings. The Morgan fingerprint density at radius 1 is 1.24 bits per heavy atom. The van der Waals surface area contributed by atoms with Gasteiger partial charge in [-0.25, -0.2) is 14.8 Å². The molecule has 1 N–H and O–H groups in total. The Morgan fingerprint density at radius 2 is 1.94 bits per heavy atom. The number of carbonyl (C=O) groups is 1. The molecule has 6 nitrogen and oxygen atoms in total. The van der Waals surface area contributed by atoms with Gasteiger partial charge in [-0.05, 0) is 24.3 Å². The molecule has 86 valence electrons. The molecule has 1 amide bonds. The minimum absolute atomic E-state index is 0.00724. The number of anilines is 2. The molecule has 0 unspecified atom stereocenters. The van der Waals surface area contributed by atoms with Gasteiger partial charge >= 0.3 is 5.69 Å². The molecule has 0 bridgehead atoms. The maximum Gasteiger partial charge on any atom is 0.345 e. The third kappa shape index (κ3) is 1.45. The van der Waals surface area contributed by atoms with E-state index in [-0.39, 0.29) is 18.1 Å². The number of benzene rings is 1. The maximum atomic E-state index is 11.8. The smallest absolute Gasteiger partial charge is 0.272 e. The second-order valence-electron chi connectivity index (χ2n) is 3.62. The molecule has 0 spiro atoms. The summed E-state index contributed by atoms with van der Waals surface area (Å²) in [5.41, 5.74) is 0.252. The first-order valence-corrected chi connectivity index (χ1v) is 5.28. The van der Waals surface area contributed by atoms with Gasteiger partial charge in [-0.1, -0.05) is 11.6 Å². The van der Waals surface area contributed by atoms with Crippen LogP contribution >= 0.6 is 11.6 Å². The number of hydrogen-bond donors (Lipinski definition) is 1. The maximum absolute atomic E-state index is 11.8. The van der Waals surface area contributed by atoms with Crippen LogP contribution < -0.4 is 10.6 Å². The molecule has 0 saturated carbocycles. The third-order valence-electron chi connectivity index (χ3n) is 2.57. The average molecular weight is 251 g/mol. The molecule has 1 aliphatic heterocycles. The second kappa shape index (κ2) is 3.46. The molecule has 0 atom stereocenters. The number of nitrogens with zero attached hydrogens (tertiary/aromatic N) is 3. The van der Waals surface area contributed by atoms with Crippen molar-refractivity contribution in [1.29, 1.82) is 0 Å². The van der Waals surface area contributed by atoms with Gasteiger partial charge in [0.2, 0.25) is 5.95 Å². The summed E-state index contributed by atoms with van der Waals surface area (Å²) >= 11 is 5.78. The quantitative estimate of drug-likeness (QED) is 0.818. The summed E-state index contributed by atoms with van der Waals surface area (Å²) in [4.78, 5) is 24.5. The van der Waals surface area contributed by atoms with Crippen molar-refractivity contribution in [2.45, 2.75) is 6.54 Å². The SMILES string of the molecule is O=C1Cn2c(n[nH]c2=O)N1c1ccc(Cl)cc1. The van der Waals surface area contributed by atoms with Crippen molar-refractivity contribution in [1.82, 2.24) is 14.8 Å². The fourth-order valence-electron chi connectivity index (χ4n) is 1.79. The van der Waals surface area contributed by atoms with E-state index in [1.807, 2.05) is 0 Å². The molecular weight excluding hydrogens is 244 g/mol. The standard InChI is InChI=1S/C10H7ClN4O2/c11-6-1-3-7(4-2-6)15-8(16)5-14-9(15)12-13-10(14)17/h1-4H,5H2,(H,13,17). The number of aromatic amines is 1. The number of H-pyrrole nitrogens is 1. The van der Waals surface area contributed by atoms with Crippen LogP contribution in [-0.2, 0) is 11.3 Å². The van der Waals surface area contributed by atoms with E-state index in [1.54, 1.807) is 24.3 Å². The minimum atomic E-state index is -0.384. The van der Waals surface area contributed by atoms with Crippen LogP contribution in [0.25, 0.3) is 0 Å². The first-order valence-electron chi connectivity index (χ1n) is 4.90. The Morgan fingerprint density at radius 3 is 2.65 bits per heavy atom. The van der Waals surface area contributed by atoms with E-state index in [2.05, 4.69) is 10.2 Å². The average Bonchev–Trinajstić information content (AvgIpc) is 2.81. The van der Waals surface area contributed by atoms with Crippen molar-refractivity contribution in [3.05, 3.63) is 39.8 Å². The number of halogens is 1. The van der Waals surface area contributed by atoms with E-state index < -0.39 is 0 Å². The van der Waals surface area contributed by atoms with E-state index >= 15 is 0 Å². The summed E-state index contributed by atoms with van der Waals surface area (Å²) in [7, 11) is 0. The predicted molar refractivity (Wildman–Crippen MR) is 61.4 cm³/mol. The molecule has 1 aromatic heterocycles. The van der Waals surface area contributed by atoms with Crippen LogP contribution in [0.15, 0.2) is 29.1 Å². The first-order chi connectivity index (χ1) is 8.16. The zero-order chi connectivity index (χ0) is 12.0. The van der Waals surface area contributed by atoms with Crippen molar-refractivity contribution in [3.63, 3.8) is 0 Å². The third-order valence-corrected chi connectivity index (χ3v) is 2.82. The predicted octanol–water partition coefficient (Wildman–Crippen LogP) is 0.903. The van der Waals surface area contributed by atoms with Crippen LogP contribution in [-0.4, -0.2) is 20.7 Å². The molecule has 3 rings (SSSR count). The number of hydrogen-bond acceptors (Lipinski definition) is 3. The largest absolute Gasteiger partial charge is 0.345 e. The van der Waals surface area contributed by atoms with Crippen LogP contribution in [0.1, 0.15) is 0 Å². The van der Waals surface area contributed by atoms with Gasteiger partial charge in [-0.2, -0.15) is 0 Å². The van der Waals surface area contributed by atoms with Crippen LogP contribution in [0.4, 0.5) is 11.6 Å². The summed E-state index contributed by atoms with van der Waals surface area (Å²) < 4.78 is 1.29. The number of fused-ring (bicyclic) bond motifs is 1. The number of rotatable bonds is 1. The lowest BCUT2D eigenvalue weighted by Gasteiger charge is -2.13. The van der Waals surface area contributed by atoms with Crippen molar-refractivity contribution < 1.29 is 4.79 Å². The minimum Gasteiger partial charge on any atom is -0.272 e. The Labute approximate surface area is 100 Å². The Hall–Kier alpha value is -2.08. The Kier molecular flexibility index (Phi) is 2.05. The highest BCUT2D eigenvalue weighted by atomic mass is 35.5. The van der Waals surface area contributed by atoms with Gasteiger partial charge in [0.25, 0.3) is 5.91 Å². The summed E-state index contributed by atoms with van der Waals surface area (Å²) in [6.07, 6.45) is 0. The van der Waals surface area contributed by atoms with E-state index in [0.29, 0.717) is 16.7 Å². The van der Waals surface area contributed by atoms with Crippen LogP contribution in [0.3, 0.4) is 0 Å². The highest BCUT2D eigenvalue weighted by Gasteiger charge is 2.31. The highest BCUT2D eigenvalue weighted by Crippen LogP contribution is 2.28. The zero-order valence-corrected chi connectivity index (χ0v) is 9.31. The summed E-state index contributed by atoms with van der Waals surface area (Å²) in [5.74, 6) is 0.114. The molecule has 0 aliphatic carbocycles. The molecule has 1 aromatic carbocycles. The molecule has 0 radical (unpaired) electrons. The lowest BCUT2D eigenvalue weighted by atomic mass is 10.3. The molecule has 0 saturated heterocycles. The summed E-state index contributed by atoms with van der Waals surface area (Å²) in [5, 5.41) is 6.72. The summed E-state index contributed by atoms with van der Waals surface area (Å²) in [6, 6.07) is 6.76. The first kappa shape index (κ1) is 10.1. The van der Waals surface area contributed by atoms with Crippen molar-refractivity contribution in [2.75, 3.05) is 4.90 Å². The highest BCUT2D eigenvalue weighted by molar-refractivity contribution is 6.30.